The van der Waals surface area contributed by atoms with Crippen molar-refractivity contribution in [2.24, 2.45) is 5.73 Å². The van der Waals surface area contributed by atoms with Gasteiger partial charge in [0.2, 0.25) is 0 Å². The molecule has 0 heterocycles. The van der Waals surface area contributed by atoms with Gasteiger partial charge in [-0.1, -0.05) is 17.7 Å². The molecule has 0 aromatic heterocycles. The maximum Gasteiger partial charge on any atom is 0.131 e. The second-order valence-corrected chi connectivity index (χ2v) is 5.11. The second-order valence-electron chi connectivity index (χ2n) is 4.68. The Balaban J connectivity index is 2.19. The van der Waals surface area contributed by atoms with E-state index < -0.39 is 5.82 Å². The van der Waals surface area contributed by atoms with Crippen LogP contribution < -0.4 is 10.5 Å². The summed E-state index contributed by atoms with van der Waals surface area (Å²) in [5.74, 6) is 0.100. The van der Waals surface area contributed by atoms with Crippen LogP contribution in [0.3, 0.4) is 0 Å². The SMILES string of the molecule is C[C@H](N)c1cc(Cl)ccc1OCc1ccc(C#N)cc1F. The minimum absolute atomic E-state index is 0.0545. The van der Waals surface area contributed by atoms with Gasteiger partial charge in [-0.2, -0.15) is 5.26 Å². The molecule has 0 saturated heterocycles. The lowest BCUT2D eigenvalue weighted by atomic mass is 10.1. The van der Waals surface area contributed by atoms with E-state index in [1.807, 2.05) is 13.0 Å². The summed E-state index contributed by atoms with van der Waals surface area (Å²) in [5, 5.41) is 9.28. The van der Waals surface area contributed by atoms with Gasteiger partial charge in [-0.15, -0.1) is 0 Å². The summed E-state index contributed by atoms with van der Waals surface area (Å²) >= 11 is 5.93. The normalized spacial score (nSPS) is 11.8. The fourth-order valence-electron chi connectivity index (χ4n) is 1.90. The lowest BCUT2D eigenvalue weighted by Gasteiger charge is -2.14. The molecule has 0 radical (unpaired) electrons. The smallest absolute Gasteiger partial charge is 0.131 e. The molecule has 0 unspecified atom stereocenters. The fourth-order valence-corrected chi connectivity index (χ4v) is 2.08. The van der Waals surface area contributed by atoms with Crippen molar-refractivity contribution in [1.82, 2.24) is 0 Å². The maximum absolute atomic E-state index is 13.8. The van der Waals surface area contributed by atoms with Gasteiger partial charge in [-0.3, -0.25) is 0 Å². The molecule has 0 spiro atoms. The number of benzene rings is 2. The summed E-state index contributed by atoms with van der Waals surface area (Å²) in [6.07, 6.45) is 0. The van der Waals surface area contributed by atoms with Crippen molar-refractivity contribution < 1.29 is 9.13 Å². The summed E-state index contributed by atoms with van der Waals surface area (Å²) < 4.78 is 19.4. The third kappa shape index (κ3) is 3.72. The Hall–Kier alpha value is -2.09. The summed E-state index contributed by atoms with van der Waals surface area (Å²) in [5.41, 5.74) is 7.28. The molecule has 0 amide bonds. The number of rotatable bonds is 4. The van der Waals surface area contributed by atoms with E-state index in [9.17, 15) is 4.39 Å². The third-order valence-corrected chi connectivity index (χ3v) is 3.26. The van der Waals surface area contributed by atoms with Crippen LogP contribution in [0.2, 0.25) is 5.02 Å². The Bertz CT molecular complexity index is 695. The van der Waals surface area contributed by atoms with E-state index in [0.717, 1.165) is 5.56 Å². The average molecular weight is 305 g/mol. The highest BCUT2D eigenvalue weighted by molar-refractivity contribution is 6.30. The number of nitrogens with zero attached hydrogens (tertiary/aromatic N) is 1. The molecule has 2 rings (SSSR count). The molecule has 0 fully saturated rings. The molecule has 2 aromatic rings. The first-order valence-corrected chi connectivity index (χ1v) is 6.75. The van der Waals surface area contributed by atoms with Crippen LogP contribution in [0.1, 0.15) is 29.7 Å². The van der Waals surface area contributed by atoms with Gasteiger partial charge in [-0.25, -0.2) is 4.39 Å². The summed E-state index contributed by atoms with van der Waals surface area (Å²) in [7, 11) is 0. The van der Waals surface area contributed by atoms with Gasteiger partial charge in [0.15, 0.2) is 0 Å². The molecular weight excluding hydrogens is 291 g/mol. The van der Waals surface area contributed by atoms with Crippen LogP contribution in [-0.4, -0.2) is 0 Å². The molecule has 3 nitrogen and oxygen atoms in total. The largest absolute Gasteiger partial charge is 0.488 e. The Morgan fingerprint density at radius 1 is 1.33 bits per heavy atom. The average Bonchev–Trinajstić information content (AvgIpc) is 2.46. The lowest BCUT2D eigenvalue weighted by molar-refractivity contribution is 0.295. The second kappa shape index (κ2) is 6.57. The zero-order valence-corrected chi connectivity index (χ0v) is 12.2. The molecule has 108 valence electrons. The number of nitriles is 1. The van der Waals surface area contributed by atoms with Crippen molar-refractivity contribution in [3.8, 4) is 11.8 Å². The van der Waals surface area contributed by atoms with E-state index >= 15 is 0 Å². The quantitative estimate of drug-likeness (QED) is 0.930. The van der Waals surface area contributed by atoms with Crippen LogP contribution in [0.4, 0.5) is 4.39 Å². The zero-order chi connectivity index (χ0) is 15.4. The Morgan fingerprint density at radius 2 is 2.10 bits per heavy atom. The Kier molecular flexibility index (Phi) is 4.79. The van der Waals surface area contributed by atoms with E-state index in [2.05, 4.69) is 0 Å². The first kappa shape index (κ1) is 15.3. The van der Waals surface area contributed by atoms with Gasteiger partial charge in [-0.05, 0) is 37.3 Å². The molecule has 21 heavy (non-hydrogen) atoms. The summed E-state index contributed by atoms with van der Waals surface area (Å²) in [6.45, 7) is 1.87. The Labute approximate surface area is 127 Å². The molecule has 1 atom stereocenters. The first-order valence-electron chi connectivity index (χ1n) is 6.37. The Morgan fingerprint density at radius 3 is 2.71 bits per heavy atom. The van der Waals surface area contributed by atoms with Crippen LogP contribution in [0, 0.1) is 17.1 Å². The lowest BCUT2D eigenvalue weighted by Crippen LogP contribution is -2.08. The number of hydrogen-bond acceptors (Lipinski definition) is 3. The van der Waals surface area contributed by atoms with Crippen LogP contribution in [-0.2, 0) is 6.61 Å². The predicted octanol–water partition coefficient (Wildman–Crippen LogP) is 3.95. The van der Waals surface area contributed by atoms with E-state index in [1.165, 1.54) is 12.1 Å². The van der Waals surface area contributed by atoms with Crippen molar-refractivity contribution in [1.29, 1.82) is 5.26 Å². The number of nitrogens with two attached hydrogens (primary N) is 1. The van der Waals surface area contributed by atoms with Gasteiger partial charge in [0.05, 0.1) is 11.6 Å². The van der Waals surface area contributed by atoms with Crippen molar-refractivity contribution in [2.45, 2.75) is 19.6 Å². The van der Waals surface area contributed by atoms with Crippen molar-refractivity contribution in [3.63, 3.8) is 0 Å². The van der Waals surface area contributed by atoms with E-state index in [-0.39, 0.29) is 18.2 Å². The molecular formula is C16H14ClFN2O. The highest BCUT2D eigenvalue weighted by Crippen LogP contribution is 2.28. The van der Waals surface area contributed by atoms with Crippen LogP contribution in [0.25, 0.3) is 0 Å². The van der Waals surface area contributed by atoms with Gasteiger partial charge < -0.3 is 10.5 Å². The summed E-state index contributed by atoms with van der Waals surface area (Å²) in [6, 6.07) is 11.1. The van der Waals surface area contributed by atoms with Crippen molar-refractivity contribution in [3.05, 3.63) is 63.9 Å². The summed E-state index contributed by atoms with van der Waals surface area (Å²) in [4.78, 5) is 0. The minimum Gasteiger partial charge on any atom is -0.488 e. The van der Waals surface area contributed by atoms with Crippen molar-refractivity contribution >= 4 is 11.6 Å². The van der Waals surface area contributed by atoms with E-state index in [0.29, 0.717) is 16.3 Å². The van der Waals surface area contributed by atoms with Gasteiger partial charge >= 0.3 is 0 Å². The number of hydrogen-bond donors (Lipinski definition) is 1. The van der Waals surface area contributed by atoms with Crippen molar-refractivity contribution in [2.75, 3.05) is 0 Å². The first-order chi connectivity index (χ1) is 10.0. The maximum atomic E-state index is 13.8. The molecule has 0 aliphatic rings. The molecule has 5 heteroatoms. The molecule has 2 aromatic carbocycles. The molecule has 0 saturated carbocycles. The van der Waals surface area contributed by atoms with Crippen LogP contribution in [0.15, 0.2) is 36.4 Å². The third-order valence-electron chi connectivity index (χ3n) is 3.03. The molecule has 0 aliphatic carbocycles. The predicted molar refractivity (Wildman–Crippen MR) is 79.5 cm³/mol. The van der Waals surface area contributed by atoms with Gasteiger partial charge in [0.25, 0.3) is 0 Å². The van der Waals surface area contributed by atoms with E-state index in [4.69, 9.17) is 27.3 Å². The standard InChI is InChI=1S/C16H14ClFN2O/c1-10(20)14-7-13(17)4-5-16(14)21-9-12-3-2-11(8-19)6-15(12)18/h2-7,10H,9,20H2,1H3/t10-/m0/s1. The highest BCUT2D eigenvalue weighted by atomic mass is 35.5. The molecule has 2 N–H and O–H groups in total. The number of halogens is 2. The topological polar surface area (TPSA) is 59.0 Å². The van der Waals surface area contributed by atoms with Gasteiger partial charge in [0, 0.05) is 22.2 Å². The van der Waals surface area contributed by atoms with Crippen LogP contribution >= 0.6 is 11.6 Å². The molecule has 0 aliphatic heterocycles. The fraction of sp³-hybridized carbons (Fsp3) is 0.188. The monoisotopic (exact) mass is 304 g/mol. The zero-order valence-electron chi connectivity index (χ0n) is 11.4. The number of ether oxygens (including phenoxy) is 1. The van der Waals surface area contributed by atoms with Crippen LogP contribution in [0.5, 0.6) is 5.75 Å². The molecule has 0 bridgehead atoms. The highest BCUT2D eigenvalue weighted by Gasteiger charge is 2.11. The van der Waals surface area contributed by atoms with Gasteiger partial charge in [0.1, 0.15) is 18.2 Å². The van der Waals surface area contributed by atoms with E-state index in [1.54, 1.807) is 24.3 Å². The minimum atomic E-state index is -0.467.